The van der Waals surface area contributed by atoms with Crippen LogP contribution >= 0.6 is 0 Å². The summed E-state index contributed by atoms with van der Waals surface area (Å²) in [7, 11) is 3.55. The number of hydrogen-bond donors (Lipinski definition) is 0. The molecule has 0 aliphatic rings. The van der Waals surface area contributed by atoms with E-state index in [9.17, 15) is 10.1 Å². The van der Waals surface area contributed by atoms with Gasteiger partial charge >= 0.3 is 5.95 Å². The average Bonchev–Trinajstić information content (AvgIpc) is 2.57. The highest BCUT2D eigenvalue weighted by Crippen LogP contribution is 2.11. The maximum atomic E-state index is 10.6. The summed E-state index contributed by atoms with van der Waals surface area (Å²) in [6, 6.07) is 0. The predicted molar refractivity (Wildman–Crippen MR) is 55.8 cm³/mol. The molecule has 0 radical (unpaired) electrons. The molecule has 0 amide bonds. The Kier molecular flexibility index (Phi) is 3.37. The predicted octanol–water partition coefficient (Wildman–Crippen LogP) is 0.707. The molecule has 1 heterocycles. The molecule has 0 spiro atoms. The Morgan fingerprint density at radius 1 is 1.73 bits per heavy atom. The van der Waals surface area contributed by atoms with Crippen LogP contribution in [0.2, 0.25) is 0 Å². The van der Waals surface area contributed by atoms with Crippen LogP contribution in [0.4, 0.5) is 5.95 Å². The van der Waals surface area contributed by atoms with Crippen LogP contribution in [0.1, 0.15) is 12.6 Å². The Morgan fingerprint density at radius 3 is 2.87 bits per heavy atom. The quantitative estimate of drug-likeness (QED) is 0.417. The van der Waals surface area contributed by atoms with Gasteiger partial charge in [0.25, 0.3) is 0 Å². The number of hydrogen-bond acceptors (Lipinski definition) is 5. The zero-order valence-electron chi connectivity index (χ0n) is 8.91. The minimum absolute atomic E-state index is 0.155. The number of aromatic nitrogens is 2. The molecular formula is C8H13N5O2. The summed E-state index contributed by atoms with van der Waals surface area (Å²) >= 11 is 0. The van der Waals surface area contributed by atoms with E-state index in [0.29, 0.717) is 12.2 Å². The molecule has 82 valence electrons. The van der Waals surface area contributed by atoms with Crippen molar-refractivity contribution in [2.75, 3.05) is 14.1 Å². The van der Waals surface area contributed by atoms with Crippen LogP contribution in [-0.2, 0) is 6.54 Å². The maximum Gasteiger partial charge on any atom is 0.435 e. The fraction of sp³-hybridized carbons (Fsp3) is 0.500. The molecule has 0 aliphatic heterocycles. The first-order valence-corrected chi connectivity index (χ1v) is 4.47. The highest BCUT2D eigenvalue weighted by molar-refractivity contribution is 5.77. The lowest BCUT2D eigenvalue weighted by molar-refractivity contribution is -0.396. The van der Waals surface area contributed by atoms with Crippen molar-refractivity contribution in [3.05, 3.63) is 22.0 Å². The molecule has 0 fully saturated rings. The van der Waals surface area contributed by atoms with Gasteiger partial charge in [-0.05, 0) is 11.8 Å². The third kappa shape index (κ3) is 2.52. The fourth-order valence-electron chi connectivity index (χ4n) is 1.13. The number of hydrazone groups is 1. The van der Waals surface area contributed by atoms with Gasteiger partial charge in [-0.25, -0.2) is 4.57 Å². The van der Waals surface area contributed by atoms with Gasteiger partial charge in [0.2, 0.25) is 0 Å². The molecule has 1 rings (SSSR count). The van der Waals surface area contributed by atoms with Gasteiger partial charge in [-0.1, -0.05) is 4.98 Å². The van der Waals surface area contributed by atoms with Gasteiger partial charge in [0, 0.05) is 14.1 Å². The second-order valence-electron chi connectivity index (χ2n) is 3.08. The van der Waals surface area contributed by atoms with Crippen molar-refractivity contribution >= 4 is 12.2 Å². The summed E-state index contributed by atoms with van der Waals surface area (Å²) in [6.45, 7) is 2.31. The monoisotopic (exact) mass is 211 g/mol. The molecule has 7 heteroatoms. The van der Waals surface area contributed by atoms with E-state index in [1.165, 1.54) is 10.8 Å². The Hall–Kier alpha value is -1.92. The first kappa shape index (κ1) is 11.2. The van der Waals surface area contributed by atoms with Gasteiger partial charge in [0.1, 0.15) is 6.20 Å². The van der Waals surface area contributed by atoms with E-state index < -0.39 is 4.92 Å². The van der Waals surface area contributed by atoms with Gasteiger partial charge in [0.15, 0.2) is 5.69 Å². The number of nitro groups is 1. The number of imidazole rings is 1. The minimum atomic E-state index is -0.503. The lowest BCUT2D eigenvalue weighted by atomic mass is 10.5. The molecule has 15 heavy (non-hydrogen) atoms. The van der Waals surface area contributed by atoms with E-state index in [2.05, 4.69) is 10.1 Å². The van der Waals surface area contributed by atoms with E-state index in [0.717, 1.165) is 0 Å². The lowest BCUT2D eigenvalue weighted by Gasteiger charge is -2.02. The van der Waals surface area contributed by atoms with Crippen LogP contribution in [0.15, 0.2) is 11.3 Å². The summed E-state index contributed by atoms with van der Waals surface area (Å²) in [6.07, 6.45) is 2.98. The zero-order chi connectivity index (χ0) is 11.4. The van der Waals surface area contributed by atoms with E-state index in [4.69, 9.17) is 0 Å². The molecular weight excluding hydrogens is 198 g/mol. The Labute approximate surface area is 87.2 Å². The maximum absolute atomic E-state index is 10.6. The summed E-state index contributed by atoms with van der Waals surface area (Å²) in [5, 5.41) is 16.2. The molecule has 0 aromatic carbocycles. The second kappa shape index (κ2) is 4.54. The minimum Gasteiger partial charge on any atom is -0.390 e. The molecule has 7 nitrogen and oxygen atoms in total. The third-order valence-corrected chi connectivity index (χ3v) is 1.77. The highest BCUT2D eigenvalue weighted by atomic mass is 16.6. The van der Waals surface area contributed by atoms with Gasteiger partial charge in [-0.3, -0.25) is 0 Å². The van der Waals surface area contributed by atoms with Crippen LogP contribution in [0.5, 0.6) is 0 Å². The Balaban J connectivity index is 3.04. The number of nitrogens with zero attached hydrogens (tertiary/aromatic N) is 5. The van der Waals surface area contributed by atoms with E-state index in [1.54, 1.807) is 25.3 Å². The SMILES string of the molecule is CCn1c(C=NN(C)C)cnc1[N+](=O)[O-]. The smallest absolute Gasteiger partial charge is 0.390 e. The van der Waals surface area contributed by atoms with Gasteiger partial charge < -0.3 is 15.1 Å². The van der Waals surface area contributed by atoms with Crippen molar-refractivity contribution < 1.29 is 4.92 Å². The third-order valence-electron chi connectivity index (χ3n) is 1.77. The van der Waals surface area contributed by atoms with Crippen LogP contribution in [0.3, 0.4) is 0 Å². The van der Waals surface area contributed by atoms with E-state index in [1.807, 2.05) is 6.92 Å². The van der Waals surface area contributed by atoms with Crippen molar-refractivity contribution in [2.24, 2.45) is 5.10 Å². The van der Waals surface area contributed by atoms with Crippen molar-refractivity contribution in [3.8, 4) is 0 Å². The van der Waals surface area contributed by atoms with Crippen LogP contribution < -0.4 is 0 Å². The standard InChI is InChI=1S/C8H13N5O2/c1-4-12-7(6-10-11(2)3)5-9-8(12)13(14)15/h5-6H,4H2,1-3H3. The van der Waals surface area contributed by atoms with Crippen molar-refractivity contribution in [1.29, 1.82) is 0 Å². The Bertz CT molecular complexity index is 382. The molecule has 1 aromatic heterocycles. The normalized spacial score (nSPS) is 10.9. The van der Waals surface area contributed by atoms with Crippen LogP contribution in [-0.4, -0.2) is 39.8 Å². The molecule has 0 atom stereocenters. The molecule has 0 unspecified atom stereocenters. The molecule has 0 aliphatic carbocycles. The largest absolute Gasteiger partial charge is 0.435 e. The van der Waals surface area contributed by atoms with Crippen LogP contribution in [0, 0.1) is 10.1 Å². The molecule has 1 aromatic rings. The van der Waals surface area contributed by atoms with Crippen molar-refractivity contribution in [1.82, 2.24) is 14.6 Å². The molecule has 0 saturated carbocycles. The summed E-state index contributed by atoms with van der Waals surface area (Å²) in [5.41, 5.74) is 0.623. The average molecular weight is 211 g/mol. The molecule has 0 bridgehead atoms. The molecule has 0 N–H and O–H groups in total. The van der Waals surface area contributed by atoms with Gasteiger partial charge in [-0.15, -0.1) is 0 Å². The fourth-order valence-corrected chi connectivity index (χ4v) is 1.13. The number of rotatable bonds is 4. The lowest BCUT2D eigenvalue weighted by Crippen LogP contribution is -2.07. The highest BCUT2D eigenvalue weighted by Gasteiger charge is 2.17. The van der Waals surface area contributed by atoms with E-state index in [-0.39, 0.29) is 5.95 Å². The summed E-state index contributed by atoms with van der Waals surface area (Å²) in [4.78, 5) is 13.8. The Morgan fingerprint density at radius 2 is 2.40 bits per heavy atom. The van der Waals surface area contributed by atoms with Gasteiger partial charge in [-0.2, -0.15) is 5.10 Å². The van der Waals surface area contributed by atoms with E-state index >= 15 is 0 Å². The van der Waals surface area contributed by atoms with Crippen molar-refractivity contribution in [3.63, 3.8) is 0 Å². The van der Waals surface area contributed by atoms with Crippen molar-refractivity contribution in [2.45, 2.75) is 13.5 Å². The summed E-state index contributed by atoms with van der Waals surface area (Å²) < 4.78 is 1.49. The first-order chi connectivity index (χ1) is 7.06. The summed E-state index contributed by atoms with van der Waals surface area (Å²) in [5.74, 6) is -0.155. The topological polar surface area (TPSA) is 76.6 Å². The van der Waals surface area contributed by atoms with Gasteiger partial charge in [0.05, 0.1) is 12.8 Å². The first-order valence-electron chi connectivity index (χ1n) is 4.47. The van der Waals surface area contributed by atoms with Crippen LogP contribution in [0.25, 0.3) is 0 Å². The zero-order valence-corrected chi connectivity index (χ0v) is 8.91. The second-order valence-corrected chi connectivity index (χ2v) is 3.08. The molecule has 0 saturated heterocycles.